The van der Waals surface area contributed by atoms with Gasteiger partial charge in [0.15, 0.2) is 0 Å². The Kier molecular flexibility index (Phi) is 3.21. The number of nitrogens with zero attached hydrogens (tertiary/aromatic N) is 1. The first-order valence-electron chi connectivity index (χ1n) is 3.67. The van der Waals surface area contributed by atoms with Gasteiger partial charge in [0, 0.05) is 10.5 Å². The van der Waals surface area contributed by atoms with Crippen molar-refractivity contribution in [2.24, 2.45) is 0 Å². The first-order valence-corrected chi connectivity index (χ1v) is 4.46. The summed E-state index contributed by atoms with van der Waals surface area (Å²) in [6, 6.07) is 6.32. The van der Waals surface area contributed by atoms with Crippen molar-refractivity contribution in [3.05, 3.63) is 40.1 Å². The van der Waals surface area contributed by atoms with Crippen LogP contribution in [0.15, 0.2) is 28.7 Å². The number of halogens is 2. The van der Waals surface area contributed by atoms with Gasteiger partial charge in [-0.1, -0.05) is 22.0 Å². The largest absolute Gasteiger partial charge is 0.207 e. The summed E-state index contributed by atoms with van der Waals surface area (Å²) in [6.07, 6.45) is 1.43. The Hall–Kier alpha value is -1.14. The quantitative estimate of drug-likeness (QED) is 0.689. The summed E-state index contributed by atoms with van der Waals surface area (Å²) < 4.78 is 13.3. The second-order valence-corrected chi connectivity index (χ2v) is 3.43. The van der Waals surface area contributed by atoms with E-state index in [-0.39, 0.29) is 5.82 Å². The number of rotatable bonds is 1. The van der Waals surface area contributed by atoms with E-state index in [2.05, 4.69) is 15.9 Å². The third-order valence-electron chi connectivity index (χ3n) is 1.64. The van der Waals surface area contributed by atoms with Crippen molar-refractivity contribution in [2.45, 2.75) is 6.92 Å². The van der Waals surface area contributed by atoms with Crippen LogP contribution >= 0.6 is 15.9 Å². The molecular weight excluding hydrogens is 233 g/mol. The zero-order chi connectivity index (χ0) is 9.84. The van der Waals surface area contributed by atoms with Gasteiger partial charge in [0.05, 0.1) is 6.07 Å². The third-order valence-corrected chi connectivity index (χ3v) is 2.29. The minimum absolute atomic E-state index is 0.291. The van der Waals surface area contributed by atoms with E-state index < -0.39 is 0 Å². The molecule has 66 valence electrons. The zero-order valence-corrected chi connectivity index (χ0v) is 8.60. The van der Waals surface area contributed by atoms with Crippen molar-refractivity contribution >= 4 is 21.5 Å². The summed E-state index contributed by atoms with van der Waals surface area (Å²) in [5.41, 5.74) is 1.65. The second kappa shape index (κ2) is 4.20. The van der Waals surface area contributed by atoms with Gasteiger partial charge in [0.1, 0.15) is 5.82 Å². The molecule has 0 heterocycles. The van der Waals surface area contributed by atoms with Gasteiger partial charge in [-0.15, -0.1) is 0 Å². The maximum absolute atomic E-state index is 12.7. The highest BCUT2D eigenvalue weighted by Gasteiger charge is 2.02. The van der Waals surface area contributed by atoms with Crippen molar-refractivity contribution in [1.29, 1.82) is 5.26 Å². The summed E-state index contributed by atoms with van der Waals surface area (Å²) >= 11 is 3.23. The van der Waals surface area contributed by atoms with Crippen LogP contribution in [0.5, 0.6) is 0 Å². The molecule has 0 unspecified atom stereocenters. The van der Waals surface area contributed by atoms with Crippen molar-refractivity contribution in [3.8, 4) is 6.07 Å². The van der Waals surface area contributed by atoms with Crippen molar-refractivity contribution in [2.75, 3.05) is 0 Å². The van der Waals surface area contributed by atoms with Crippen LogP contribution < -0.4 is 0 Å². The van der Waals surface area contributed by atoms with E-state index in [9.17, 15) is 4.39 Å². The first-order chi connectivity index (χ1) is 6.15. The minimum atomic E-state index is -0.291. The summed E-state index contributed by atoms with van der Waals surface area (Å²) in [5, 5.41) is 8.43. The van der Waals surface area contributed by atoms with Crippen molar-refractivity contribution < 1.29 is 4.39 Å². The van der Waals surface area contributed by atoms with Gasteiger partial charge >= 0.3 is 0 Å². The van der Waals surface area contributed by atoms with E-state index in [4.69, 9.17) is 5.26 Å². The summed E-state index contributed by atoms with van der Waals surface area (Å²) in [4.78, 5) is 0. The lowest BCUT2D eigenvalue weighted by molar-refractivity contribution is 0.627. The van der Waals surface area contributed by atoms with E-state index in [0.29, 0.717) is 4.47 Å². The van der Waals surface area contributed by atoms with Gasteiger partial charge < -0.3 is 0 Å². The molecule has 0 aliphatic carbocycles. The molecule has 1 aromatic rings. The van der Waals surface area contributed by atoms with Crippen LogP contribution in [0.4, 0.5) is 4.39 Å². The molecule has 0 N–H and O–H groups in total. The fraction of sp³-hybridized carbons (Fsp3) is 0.100. The molecule has 0 aliphatic heterocycles. The Morgan fingerprint density at radius 3 is 2.85 bits per heavy atom. The fourth-order valence-electron chi connectivity index (χ4n) is 0.984. The lowest BCUT2D eigenvalue weighted by Gasteiger charge is -2.02. The Morgan fingerprint density at radius 2 is 2.31 bits per heavy atom. The summed E-state index contributed by atoms with van der Waals surface area (Å²) in [7, 11) is 0. The van der Waals surface area contributed by atoms with Gasteiger partial charge in [-0.3, -0.25) is 0 Å². The molecule has 0 saturated heterocycles. The Bertz CT molecular complexity index is 390. The van der Waals surface area contributed by atoms with Crippen LogP contribution in [-0.2, 0) is 0 Å². The molecule has 0 fully saturated rings. The van der Waals surface area contributed by atoms with Crippen molar-refractivity contribution in [1.82, 2.24) is 0 Å². The van der Waals surface area contributed by atoms with Crippen LogP contribution in [0.2, 0.25) is 0 Å². The van der Waals surface area contributed by atoms with Crippen LogP contribution in [-0.4, -0.2) is 0 Å². The molecular formula is C10H7BrFN. The van der Waals surface area contributed by atoms with Crippen LogP contribution in [0, 0.1) is 17.1 Å². The maximum atomic E-state index is 12.7. The molecule has 13 heavy (non-hydrogen) atoms. The van der Waals surface area contributed by atoms with Crippen LogP contribution in [0.3, 0.4) is 0 Å². The SMILES string of the molecule is C/C(=C/C#N)c1ccc(F)cc1Br. The summed E-state index contributed by atoms with van der Waals surface area (Å²) in [6.45, 7) is 1.81. The molecule has 0 saturated carbocycles. The highest BCUT2D eigenvalue weighted by atomic mass is 79.9. The molecule has 0 amide bonds. The zero-order valence-electron chi connectivity index (χ0n) is 7.01. The lowest BCUT2D eigenvalue weighted by atomic mass is 10.1. The molecule has 3 heteroatoms. The van der Waals surface area contributed by atoms with E-state index >= 15 is 0 Å². The first kappa shape index (κ1) is 9.94. The minimum Gasteiger partial charge on any atom is -0.207 e. The molecule has 1 rings (SSSR count). The topological polar surface area (TPSA) is 23.8 Å². The predicted octanol–water partition coefficient (Wildman–Crippen LogP) is 3.52. The van der Waals surface area contributed by atoms with Gasteiger partial charge in [-0.2, -0.15) is 5.26 Å². The average molecular weight is 240 g/mol. The smallest absolute Gasteiger partial charge is 0.124 e. The number of hydrogen-bond acceptors (Lipinski definition) is 1. The fourth-order valence-corrected chi connectivity index (χ4v) is 1.65. The van der Waals surface area contributed by atoms with Crippen LogP contribution in [0.1, 0.15) is 12.5 Å². The predicted molar refractivity (Wildman–Crippen MR) is 53.4 cm³/mol. The molecule has 0 aromatic heterocycles. The summed E-state index contributed by atoms with van der Waals surface area (Å²) in [5.74, 6) is -0.291. The Labute approximate surface area is 84.6 Å². The molecule has 1 nitrogen and oxygen atoms in total. The van der Waals surface area contributed by atoms with Gasteiger partial charge in [0.25, 0.3) is 0 Å². The molecule has 0 radical (unpaired) electrons. The molecule has 0 atom stereocenters. The second-order valence-electron chi connectivity index (χ2n) is 2.58. The Balaban J connectivity index is 3.18. The highest BCUT2D eigenvalue weighted by Crippen LogP contribution is 2.24. The third kappa shape index (κ3) is 2.40. The van der Waals surface area contributed by atoms with Gasteiger partial charge in [-0.05, 0) is 30.2 Å². The van der Waals surface area contributed by atoms with Gasteiger partial charge in [0.2, 0.25) is 0 Å². The van der Waals surface area contributed by atoms with Crippen LogP contribution in [0.25, 0.3) is 5.57 Å². The standard InChI is InChI=1S/C10H7BrFN/c1-7(4-5-13)9-3-2-8(12)6-10(9)11/h2-4,6H,1H3/b7-4-. The van der Waals surface area contributed by atoms with Gasteiger partial charge in [-0.25, -0.2) is 4.39 Å². The maximum Gasteiger partial charge on any atom is 0.124 e. The number of nitriles is 1. The lowest BCUT2D eigenvalue weighted by Crippen LogP contribution is -1.83. The van der Waals surface area contributed by atoms with E-state index in [0.717, 1.165) is 11.1 Å². The average Bonchev–Trinajstić information content (AvgIpc) is 2.04. The highest BCUT2D eigenvalue weighted by molar-refractivity contribution is 9.10. The molecule has 0 spiro atoms. The monoisotopic (exact) mass is 239 g/mol. The number of hydrogen-bond donors (Lipinski definition) is 0. The molecule has 0 aliphatic rings. The number of benzene rings is 1. The molecule has 1 aromatic carbocycles. The van der Waals surface area contributed by atoms with E-state index in [1.54, 1.807) is 13.0 Å². The van der Waals surface area contributed by atoms with E-state index in [1.807, 2.05) is 6.07 Å². The van der Waals surface area contributed by atoms with E-state index in [1.165, 1.54) is 18.2 Å². The Morgan fingerprint density at radius 1 is 1.62 bits per heavy atom. The molecule has 0 bridgehead atoms. The normalized spacial score (nSPS) is 11.1. The van der Waals surface area contributed by atoms with Crippen molar-refractivity contribution in [3.63, 3.8) is 0 Å². The number of allylic oxidation sites excluding steroid dienone is 2.